The zero-order chi connectivity index (χ0) is 22.8. The van der Waals surface area contributed by atoms with Gasteiger partial charge in [-0.3, -0.25) is 4.98 Å². The van der Waals surface area contributed by atoms with Crippen molar-refractivity contribution in [2.75, 3.05) is 44.7 Å². The number of hydrogen-bond donors (Lipinski definition) is 1. The van der Waals surface area contributed by atoms with E-state index in [9.17, 15) is 22.0 Å². The number of hydrogen-bond acceptors (Lipinski definition) is 6. The Hall–Kier alpha value is -2.67. The molecule has 2 aliphatic rings. The fraction of sp³-hybridized carbons (Fsp3) is 0.400. The van der Waals surface area contributed by atoms with Crippen LogP contribution in [-0.2, 0) is 19.5 Å². The number of pyridine rings is 1. The number of sulfonamides is 1. The van der Waals surface area contributed by atoms with Crippen molar-refractivity contribution in [3.05, 3.63) is 54.4 Å². The summed E-state index contributed by atoms with van der Waals surface area (Å²) in [6.45, 7) is 0.547. The van der Waals surface area contributed by atoms with Crippen molar-refractivity contribution in [3.63, 3.8) is 0 Å². The molecule has 2 amide bonds. The number of benzene rings is 1. The standard InChI is InChI=1S/C20H22F2N4O5S/c21-15-4-5-18(17(22)11-15)24-19(27)25-8-10-31-20(13-25)14-26(7-2-9-30-20)32(28,29)16-3-1-6-23-12-16/h1,3-6,11-12H,2,7-10,13-14H2,(H,24,27). The second kappa shape index (κ2) is 9.06. The summed E-state index contributed by atoms with van der Waals surface area (Å²) in [5.41, 5.74) is -0.167. The maximum absolute atomic E-state index is 13.9. The highest BCUT2D eigenvalue weighted by Gasteiger charge is 2.45. The van der Waals surface area contributed by atoms with Gasteiger partial charge in [-0.2, -0.15) is 4.31 Å². The molecule has 2 saturated heterocycles. The van der Waals surface area contributed by atoms with Crippen LogP contribution in [0.1, 0.15) is 6.42 Å². The predicted molar refractivity (Wildman–Crippen MR) is 109 cm³/mol. The Kier molecular flexibility index (Phi) is 6.38. The lowest BCUT2D eigenvalue weighted by Crippen LogP contribution is -2.60. The van der Waals surface area contributed by atoms with Gasteiger partial charge < -0.3 is 19.7 Å². The number of nitrogens with zero attached hydrogens (tertiary/aromatic N) is 3. The zero-order valence-corrected chi connectivity index (χ0v) is 17.9. The number of carbonyl (C=O) groups excluding carboxylic acids is 1. The van der Waals surface area contributed by atoms with E-state index in [-0.39, 0.29) is 50.0 Å². The minimum atomic E-state index is -3.85. The number of morpholine rings is 1. The zero-order valence-electron chi connectivity index (χ0n) is 17.0. The highest BCUT2D eigenvalue weighted by atomic mass is 32.2. The van der Waals surface area contributed by atoms with Gasteiger partial charge in [-0.05, 0) is 30.7 Å². The molecular weight excluding hydrogens is 446 g/mol. The van der Waals surface area contributed by atoms with E-state index < -0.39 is 33.5 Å². The Morgan fingerprint density at radius 2 is 1.94 bits per heavy atom. The smallest absolute Gasteiger partial charge is 0.322 e. The molecule has 0 bridgehead atoms. The van der Waals surface area contributed by atoms with E-state index in [2.05, 4.69) is 10.3 Å². The van der Waals surface area contributed by atoms with Crippen LogP contribution in [0.15, 0.2) is 47.6 Å². The summed E-state index contributed by atoms with van der Waals surface area (Å²) in [5.74, 6) is -3.03. The topological polar surface area (TPSA) is 101 Å². The van der Waals surface area contributed by atoms with Crippen molar-refractivity contribution < 1.29 is 31.5 Å². The Bertz CT molecular complexity index is 1090. The summed E-state index contributed by atoms with van der Waals surface area (Å²) >= 11 is 0. The van der Waals surface area contributed by atoms with Crippen molar-refractivity contribution in [1.29, 1.82) is 0 Å². The molecule has 4 rings (SSSR count). The molecule has 32 heavy (non-hydrogen) atoms. The molecule has 0 radical (unpaired) electrons. The maximum atomic E-state index is 13.9. The Morgan fingerprint density at radius 3 is 2.69 bits per heavy atom. The summed E-state index contributed by atoms with van der Waals surface area (Å²) in [5, 5.41) is 2.41. The molecule has 1 spiro atoms. The van der Waals surface area contributed by atoms with Gasteiger partial charge in [-0.15, -0.1) is 0 Å². The largest absolute Gasteiger partial charge is 0.347 e. The van der Waals surface area contributed by atoms with Crippen LogP contribution >= 0.6 is 0 Å². The molecule has 2 aromatic rings. The molecule has 9 nitrogen and oxygen atoms in total. The first kappa shape index (κ1) is 22.5. The van der Waals surface area contributed by atoms with Gasteiger partial charge in [0.25, 0.3) is 0 Å². The van der Waals surface area contributed by atoms with E-state index in [1.807, 2.05) is 0 Å². The monoisotopic (exact) mass is 468 g/mol. The van der Waals surface area contributed by atoms with Crippen LogP contribution in [0.5, 0.6) is 0 Å². The number of urea groups is 1. The number of aromatic nitrogens is 1. The molecule has 3 heterocycles. The van der Waals surface area contributed by atoms with Crippen LogP contribution in [-0.4, -0.2) is 73.8 Å². The summed E-state index contributed by atoms with van der Waals surface area (Å²) in [7, 11) is -3.85. The third kappa shape index (κ3) is 4.72. The van der Waals surface area contributed by atoms with E-state index >= 15 is 0 Å². The van der Waals surface area contributed by atoms with Gasteiger partial charge in [0.05, 0.1) is 32.0 Å². The average molecular weight is 468 g/mol. The molecule has 2 aliphatic heterocycles. The van der Waals surface area contributed by atoms with Gasteiger partial charge >= 0.3 is 6.03 Å². The first-order valence-electron chi connectivity index (χ1n) is 9.98. The molecule has 1 aromatic heterocycles. The van der Waals surface area contributed by atoms with E-state index in [1.54, 1.807) is 0 Å². The van der Waals surface area contributed by atoms with Gasteiger partial charge in [-0.25, -0.2) is 22.0 Å². The van der Waals surface area contributed by atoms with Crippen LogP contribution < -0.4 is 5.32 Å². The van der Waals surface area contributed by atoms with Crippen molar-refractivity contribution in [3.8, 4) is 0 Å². The number of amides is 2. The van der Waals surface area contributed by atoms with Crippen molar-refractivity contribution in [2.24, 2.45) is 0 Å². The fourth-order valence-electron chi connectivity index (χ4n) is 3.65. The number of carbonyl (C=O) groups is 1. The summed E-state index contributed by atoms with van der Waals surface area (Å²) in [4.78, 5) is 18.0. The predicted octanol–water partition coefficient (Wildman–Crippen LogP) is 2.03. The Balaban J connectivity index is 1.51. The van der Waals surface area contributed by atoms with Gasteiger partial charge in [0.2, 0.25) is 10.0 Å². The lowest BCUT2D eigenvalue weighted by atomic mass is 10.2. The van der Waals surface area contributed by atoms with Crippen LogP contribution in [0.25, 0.3) is 0 Å². The van der Waals surface area contributed by atoms with Crippen LogP contribution in [0, 0.1) is 11.6 Å². The molecule has 172 valence electrons. The molecule has 12 heteroatoms. The number of ether oxygens (including phenoxy) is 2. The average Bonchev–Trinajstić information content (AvgIpc) is 2.99. The van der Waals surface area contributed by atoms with Crippen molar-refractivity contribution in [2.45, 2.75) is 17.1 Å². The van der Waals surface area contributed by atoms with Crippen molar-refractivity contribution >= 4 is 21.7 Å². The molecule has 1 unspecified atom stereocenters. The second-order valence-corrected chi connectivity index (χ2v) is 9.40. The third-order valence-corrected chi connectivity index (χ3v) is 7.05. The second-order valence-electron chi connectivity index (χ2n) is 7.46. The summed E-state index contributed by atoms with van der Waals surface area (Å²) < 4.78 is 66.2. The number of nitrogens with one attached hydrogen (secondary N) is 1. The van der Waals surface area contributed by atoms with E-state index in [0.29, 0.717) is 12.5 Å². The van der Waals surface area contributed by atoms with E-state index in [0.717, 1.165) is 12.1 Å². The SMILES string of the molecule is O=C(Nc1ccc(F)cc1F)N1CCOC2(C1)CN(S(=O)(=O)c1cccnc1)CCCO2. The quantitative estimate of drug-likeness (QED) is 0.740. The van der Waals surface area contributed by atoms with Gasteiger partial charge in [0, 0.05) is 31.5 Å². The molecule has 1 aromatic carbocycles. The first-order chi connectivity index (χ1) is 15.3. The summed E-state index contributed by atoms with van der Waals surface area (Å²) in [6.07, 6.45) is 3.20. The highest BCUT2D eigenvalue weighted by Crippen LogP contribution is 2.28. The summed E-state index contributed by atoms with van der Waals surface area (Å²) in [6, 6.07) is 5.20. The highest BCUT2D eigenvalue weighted by molar-refractivity contribution is 7.89. The van der Waals surface area contributed by atoms with Crippen LogP contribution in [0.4, 0.5) is 19.3 Å². The number of anilines is 1. The number of rotatable bonds is 3. The van der Waals surface area contributed by atoms with Crippen LogP contribution in [0.2, 0.25) is 0 Å². The molecular formula is C20H22F2N4O5S. The van der Waals surface area contributed by atoms with Crippen LogP contribution in [0.3, 0.4) is 0 Å². The van der Waals surface area contributed by atoms with Gasteiger partial charge in [0.1, 0.15) is 16.5 Å². The normalized spacial score (nSPS) is 22.5. The molecule has 0 saturated carbocycles. The minimum absolute atomic E-state index is 0.0502. The van der Waals surface area contributed by atoms with Gasteiger partial charge in [-0.1, -0.05) is 0 Å². The van der Waals surface area contributed by atoms with Crippen molar-refractivity contribution in [1.82, 2.24) is 14.2 Å². The van der Waals surface area contributed by atoms with E-state index in [1.165, 1.54) is 33.7 Å². The lowest BCUT2D eigenvalue weighted by Gasteiger charge is -2.42. The molecule has 0 aliphatic carbocycles. The van der Waals surface area contributed by atoms with E-state index in [4.69, 9.17) is 9.47 Å². The van der Waals surface area contributed by atoms with Gasteiger partial charge in [0.15, 0.2) is 5.79 Å². The number of halogens is 2. The minimum Gasteiger partial charge on any atom is -0.347 e. The fourth-order valence-corrected chi connectivity index (χ4v) is 5.12. The Labute approximate surface area is 184 Å². The Morgan fingerprint density at radius 1 is 1.12 bits per heavy atom. The maximum Gasteiger partial charge on any atom is 0.322 e. The third-order valence-electron chi connectivity index (χ3n) is 5.22. The molecule has 1 atom stereocenters. The first-order valence-corrected chi connectivity index (χ1v) is 11.4. The lowest BCUT2D eigenvalue weighted by molar-refractivity contribution is -0.257. The molecule has 1 N–H and O–H groups in total. The molecule has 2 fully saturated rings.